The SMILES string of the molecule is C[C@H](NCc1cccc(C(F)(F)F)c1)c1ccccc1Br. The molecular weight excluding hydrogens is 343 g/mol. The van der Waals surface area contributed by atoms with Gasteiger partial charge in [-0.25, -0.2) is 0 Å². The maximum absolute atomic E-state index is 12.7. The molecule has 0 amide bonds. The normalized spacial score (nSPS) is 13.2. The van der Waals surface area contributed by atoms with Gasteiger partial charge in [-0.2, -0.15) is 13.2 Å². The highest BCUT2D eigenvalue weighted by molar-refractivity contribution is 9.10. The largest absolute Gasteiger partial charge is 0.416 e. The molecule has 1 nitrogen and oxygen atoms in total. The van der Waals surface area contributed by atoms with Crippen molar-refractivity contribution in [1.29, 1.82) is 0 Å². The molecule has 2 aromatic carbocycles. The van der Waals surface area contributed by atoms with E-state index < -0.39 is 11.7 Å². The number of alkyl halides is 3. The van der Waals surface area contributed by atoms with Crippen molar-refractivity contribution in [1.82, 2.24) is 5.32 Å². The van der Waals surface area contributed by atoms with Crippen molar-refractivity contribution in [2.45, 2.75) is 25.7 Å². The van der Waals surface area contributed by atoms with Gasteiger partial charge in [0.25, 0.3) is 0 Å². The Hall–Kier alpha value is -1.33. The van der Waals surface area contributed by atoms with Crippen LogP contribution in [0.4, 0.5) is 13.2 Å². The zero-order chi connectivity index (χ0) is 15.5. The molecule has 0 aromatic heterocycles. The maximum atomic E-state index is 12.7. The van der Waals surface area contributed by atoms with Gasteiger partial charge in [0.05, 0.1) is 5.56 Å². The van der Waals surface area contributed by atoms with E-state index in [1.54, 1.807) is 6.07 Å². The Labute approximate surface area is 130 Å². The van der Waals surface area contributed by atoms with Crippen molar-refractivity contribution in [3.8, 4) is 0 Å². The summed E-state index contributed by atoms with van der Waals surface area (Å²) >= 11 is 3.47. The molecule has 0 bridgehead atoms. The summed E-state index contributed by atoms with van der Waals surface area (Å²) in [6.07, 6.45) is -4.30. The van der Waals surface area contributed by atoms with Crippen LogP contribution >= 0.6 is 15.9 Å². The monoisotopic (exact) mass is 357 g/mol. The Kier molecular flexibility index (Phi) is 5.06. The van der Waals surface area contributed by atoms with Crippen molar-refractivity contribution in [2.24, 2.45) is 0 Å². The Balaban J connectivity index is 2.05. The standard InChI is InChI=1S/C16H15BrF3N/c1-11(14-7-2-3-8-15(14)17)21-10-12-5-4-6-13(9-12)16(18,19)20/h2-9,11,21H,10H2,1H3/t11-/m0/s1. The van der Waals surface area contributed by atoms with Gasteiger partial charge in [0, 0.05) is 17.1 Å². The summed E-state index contributed by atoms with van der Waals surface area (Å²) in [5.74, 6) is 0. The zero-order valence-electron chi connectivity index (χ0n) is 11.4. The van der Waals surface area contributed by atoms with E-state index in [1.807, 2.05) is 31.2 Å². The van der Waals surface area contributed by atoms with E-state index in [4.69, 9.17) is 0 Å². The average molecular weight is 358 g/mol. The first-order chi connectivity index (χ1) is 9.88. The molecule has 0 spiro atoms. The van der Waals surface area contributed by atoms with Crippen LogP contribution in [0.5, 0.6) is 0 Å². The Morgan fingerprint density at radius 1 is 1.10 bits per heavy atom. The fraction of sp³-hybridized carbons (Fsp3) is 0.250. The molecule has 0 saturated carbocycles. The van der Waals surface area contributed by atoms with Gasteiger partial charge in [0.15, 0.2) is 0 Å². The Bertz CT molecular complexity index is 610. The van der Waals surface area contributed by atoms with E-state index in [0.717, 1.165) is 16.1 Å². The molecule has 1 atom stereocenters. The van der Waals surface area contributed by atoms with Crippen LogP contribution in [-0.2, 0) is 12.7 Å². The van der Waals surface area contributed by atoms with Gasteiger partial charge in [-0.05, 0) is 30.2 Å². The summed E-state index contributed by atoms with van der Waals surface area (Å²) < 4.78 is 39.0. The molecule has 5 heteroatoms. The molecule has 0 unspecified atom stereocenters. The van der Waals surface area contributed by atoms with Crippen molar-refractivity contribution in [3.05, 3.63) is 69.7 Å². The smallest absolute Gasteiger partial charge is 0.306 e. The van der Waals surface area contributed by atoms with Crippen LogP contribution in [0.15, 0.2) is 53.0 Å². The molecular formula is C16H15BrF3N. The van der Waals surface area contributed by atoms with Crippen LogP contribution in [0.2, 0.25) is 0 Å². The molecule has 0 aliphatic carbocycles. The van der Waals surface area contributed by atoms with Gasteiger partial charge in [-0.15, -0.1) is 0 Å². The number of hydrogen-bond donors (Lipinski definition) is 1. The molecule has 0 aliphatic heterocycles. The second-order valence-electron chi connectivity index (χ2n) is 4.82. The van der Waals surface area contributed by atoms with E-state index in [1.165, 1.54) is 12.1 Å². The Morgan fingerprint density at radius 3 is 2.48 bits per heavy atom. The van der Waals surface area contributed by atoms with Crippen molar-refractivity contribution >= 4 is 15.9 Å². The van der Waals surface area contributed by atoms with Crippen LogP contribution < -0.4 is 5.32 Å². The number of nitrogens with one attached hydrogen (secondary N) is 1. The molecule has 0 radical (unpaired) electrons. The second-order valence-corrected chi connectivity index (χ2v) is 5.68. The van der Waals surface area contributed by atoms with Gasteiger partial charge in [0.1, 0.15) is 0 Å². The first-order valence-electron chi connectivity index (χ1n) is 6.52. The maximum Gasteiger partial charge on any atom is 0.416 e. The third kappa shape index (κ3) is 4.32. The van der Waals surface area contributed by atoms with Crippen molar-refractivity contribution in [3.63, 3.8) is 0 Å². The molecule has 0 fully saturated rings. The summed E-state index contributed by atoms with van der Waals surface area (Å²) in [6, 6.07) is 13.2. The lowest BCUT2D eigenvalue weighted by Crippen LogP contribution is -2.18. The third-order valence-corrected chi connectivity index (χ3v) is 3.96. The van der Waals surface area contributed by atoms with Crippen LogP contribution in [0.3, 0.4) is 0 Å². The minimum atomic E-state index is -4.30. The highest BCUT2D eigenvalue weighted by Gasteiger charge is 2.30. The highest BCUT2D eigenvalue weighted by atomic mass is 79.9. The molecule has 0 saturated heterocycles. The predicted molar refractivity (Wildman–Crippen MR) is 80.8 cm³/mol. The van der Waals surface area contributed by atoms with E-state index in [2.05, 4.69) is 21.2 Å². The molecule has 112 valence electrons. The summed E-state index contributed by atoms with van der Waals surface area (Å²) in [5.41, 5.74) is 1.07. The molecule has 0 heterocycles. The summed E-state index contributed by atoms with van der Waals surface area (Å²) in [6.45, 7) is 2.36. The predicted octanol–water partition coefficient (Wildman–Crippen LogP) is 5.32. The summed E-state index contributed by atoms with van der Waals surface area (Å²) in [4.78, 5) is 0. The molecule has 1 N–H and O–H groups in total. The lowest BCUT2D eigenvalue weighted by molar-refractivity contribution is -0.137. The number of rotatable bonds is 4. The van der Waals surface area contributed by atoms with Crippen molar-refractivity contribution in [2.75, 3.05) is 0 Å². The van der Waals surface area contributed by atoms with Crippen molar-refractivity contribution < 1.29 is 13.2 Å². The van der Waals surface area contributed by atoms with Crippen LogP contribution in [0.25, 0.3) is 0 Å². The van der Waals surface area contributed by atoms with Crippen LogP contribution in [0, 0.1) is 0 Å². The van der Waals surface area contributed by atoms with Gasteiger partial charge in [0.2, 0.25) is 0 Å². The number of benzene rings is 2. The van der Waals surface area contributed by atoms with Gasteiger partial charge in [-0.3, -0.25) is 0 Å². The van der Waals surface area contributed by atoms with E-state index in [9.17, 15) is 13.2 Å². The third-order valence-electron chi connectivity index (χ3n) is 3.24. The zero-order valence-corrected chi connectivity index (χ0v) is 13.0. The molecule has 2 rings (SSSR count). The first-order valence-corrected chi connectivity index (χ1v) is 7.31. The number of halogens is 4. The van der Waals surface area contributed by atoms with E-state index >= 15 is 0 Å². The van der Waals surface area contributed by atoms with Gasteiger partial charge in [-0.1, -0.05) is 52.3 Å². The van der Waals surface area contributed by atoms with E-state index in [-0.39, 0.29) is 6.04 Å². The highest BCUT2D eigenvalue weighted by Crippen LogP contribution is 2.29. The van der Waals surface area contributed by atoms with Gasteiger partial charge < -0.3 is 5.32 Å². The quantitative estimate of drug-likeness (QED) is 0.780. The minimum Gasteiger partial charge on any atom is -0.306 e. The van der Waals surface area contributed by atoms with Crippen LogP contribution in [0.1, 0.15) is 29.7 Å². The number of hydrogen-bond acceptors (Lipinski definition) is 1. The molecule has 0 aliphatic rings. The minimum absolute atomic E-state index is 0.0371. The average Bonchev–Trinajstić information content (AvgIpc) is 2.45. The Morgan fingerprint density at radius 2 is 1.81 bits per heavy atom. The lowest BCUT2D eigenvalue weighted by atomic mass is 10.1. The first kappa shape index (κ1) is 16.0. The molecule has 2 aromatic rings. The topological polar surface area (TPSA) is 12.0 Å². The van der Waals surface area contributed by atoms with Gasteiger partial charge >= 0.3 is 6.18 Å². The second kappa shape index (κ2) is 6.62. The molecule has 21 heavy (non-hydrogen) atoms. The fourth-order valence-electron chi connectivity index (χ4n) is 2.06. The summed E-state index contributed by atoms with van der Waals surface area (Å²) in [7, 11) is 0. The van der Waals surface area contributed by atoms with E-state index in [0.29, 0.717) is 12.1 Å². The summed E-state index contributed by atoms with van der Waals surface area (Å²) in [5, 5.41) is 3.24. The van der Waals surface area contributed by atoms with Crippen LogP contribution in [-0.4, -0.2) is 0 Å². The lowest BCUT2D eigenvalue weighted by Gasteiger charge is -2.16. The fourth-order valence-corrected chi connectivity index (χ4v) is 2.69.